The van der Waals surface area contributed by atoms with Gasteiger partial charge in [0.1, 0.15) is 11.7 Å². The zero-order valence-corrected chi connectivity index (χ0v) is 8.00. The van der Waals surface area contributed by atoms with Crippen LogP contribution in [0.4, 0.5) is 0 Å². The molecule has 0 N–H and O–H groups in total. The fourth-order valence-corrected chi connectivity index (χ4v) is 1.10. The minimum atomic E-state index is -0.693. The van der Waals surface area contributed by atoms with Crippen LogP contribution < -0.4 is 0 Å². The summed E-state index contributed by atoms with van der Waals surface area (Å²) in [6.07, 6.45) is 0.0575. The fourth-order valence-electron chi connectivity index (χ4n) is 0.953. The van der Waals surface area contributed by atoms with E-state index in [1.807, 2.05) is 13.8 Å². The van der Waals surface area contributed by atoms with Gasteiger partial charge in [-0.3, -0.25) is 0 Å². The molecule has 1 saturated heterocycles. The van der Waals surface area contributed by atoms with Crippen LogP contribution in [0.3, 0.4) is 0 Å². The summed E-state index contributed by atoms with van der Waals surface area (Å²) in [5.74, 6) is 0. The minimum Gasteiger partial charge on any atom is -0.350 e. The molecule has 1 rings (SSSR count). The lowest BCUT2D eigenvalue weighted by Gasteiger charge is -2.35. The molecule has 70 valence electrons. The highest BCUT2D eigenvalue weighted by atomic mass is 35.5. The molecule has 0 radical (unpaired) electrons. The highest BCUT2D eigenvalue weighted by Crippen LogP contribution is 2.24. The van der Waals surface area contributed by atoms with Crippen molar-refractivity contribution < 1.29 is 14.3 Å². The highest BCUT2D eigenvalue weighted by Gasteiger charge is 2.31. The van der Waals surface area contributed by atoms with Crippen molar-refractivity contribution in [1.82, 2.24) is 0 Å². The van der Waals surface area contributed by atoms with Crippen molar-refractivity contribution in [2.24, 2.45) is 5.41 Å². The van der Waals surface area contributed by atoms with Crippen LogP contribution in [-0.4, -0.2) is 31.2 Å². The molecule has 3 nitrogen and oxygen atoms in total. The molecule has 0 bridgehead atoms. The van der Waals surface area contributed by atoms with E-state index in [4.69, 9.17) is 21.1 Å². The van der Waals surface area contributed by atoms with Crippen LogP contribution in [-0.2, 0) is 14.3 Å². The van der Waals surface area contributed by atoms with Crippen molar-refractivity contribution in [2.75, 3.05) is 13.2 Å². The third-order valence-corrected chi connectivity index (χ3v) is 1.98. The maximum Gasteiger partial charge on any atom is 0.180 e. The van der Waals surface area contributed by atoms with Crippen LogP contribution in [0, 0.1) is 5.41 Å². The molecule has 0 amide bonds. The Balaban J connectivity index is 2.40. The zero-order valence-electron chi connectivity index (χ0n) is 7.25. The Morgan fingerprint density at radius 2 is 2.00 bits per heavy atom. The van der Waals surface area contributed by atoms with Gasteiger partial charge in [0.05, 0.1) is 13.2 Å². The van der Waals surface area contributed by atoms with Crippen LogP contribution in [0.2, 0.25) is 0 Å². The number of halogens is 1. The van der Waals surface area contributed by atoms with E-state index in [0.29, 0.717) is 19.5 Å². The van der Waals surface area contributed by atoms with Crippen molar-refractivity contribution in [2.45, 2.75) is 25.5 Å². The first kappa shape index (κ1) is 9.96. The lowest BCUT2D eigenvalue weighted by atomic mass is 9.95. The average Bonchev–Trinajstić information content (AvgIpc) is 2.03. The SMILES string of the molecule is CC1(C)COC(C(Cl)C=O)OC1. The second kappa shape index (κ2) is 3.73. The summed E-state index contributed by atoms with van der Waals surface area (Å²) in [6.45, 7) is 5.23. The number of carbonyl (C=O) groups excluding carboxylic acids is 1. The zero-order chi connectivity index (χ0) is 9.19. The third kappa shape index (κ3) is 2.44. The summed E-state index contributed by atoms with van der Waals surface area (Å²) in [7, 11) is 0. The summed E-state index contributed by atoms with van der Waals surface area (Å²) in [5, 5.41) is -0.693. The molecule has 1 fully saturated rings. The van der Waals surface area contributed by atoms with Gasteiger partial charge in [-0.25, -0.2) is 0 Å². The second-order valence-electron chi connectivity index (χ2n) is 3.74. The fraction of sp³-hybridized carbons (Fsp3) is 0.875. The second-order valence-corrected chi connectivity index (χ2v) is 4.24. The minimum absolute atomic E-state index is 0.0238. The van der Waals surface area contributed by atoms with Gasteiger partial charge < -0.3 is 14.3 Å². The molecule has 0 aliphatic carbocycles. The first-order valence-electron chi connectivity index (χ1n) is 3.88. The van der Waals surface area contributed by atoms with Gasteiger partial charge in [0.15, 0.2) is 6.29 Å². The lowest BCUT2D eigenvalue weighted by Crippen LogP contribution is -2.42. The quantitative estimate of drug-likeness (QED) is 0.487. The Morgan fingerprint density at radius 3 is 2.42 bits per heavy atom. The molecule has 1 unspecified atom stereocenters. The highest BCUT2D eigenvalue weighted by molar-refractivity contribution is 6.27. The van der Waals surface area contributed by atoms with Gasteiger partial charge in [-0.2, -0.15) is 0 Å². The average molecular weight is 193 g/mol. The topological polar surface area (TPSA) is 35.5 Å². The van der Waals surface area contributed by atoms with E-state index in [-0.39, 0.29) is 5.41 Å². The van der Waals surface area contributed by atoms with E-state index in [2.05, 4.69) is 0 Å². The van der Waals surface area contributed by atoms with Gasteiger partial charge in [0.25, 0.3) is 0 Å². The molecule has 1 atom stereocenters. The molecule has 1 aliphatic rings. The maximum absolute atomic E-state index is 10.3. The number of carbonyl (C=O) groups is 1. The van der Waals surface area contributed by atoms with E-state index in [1.165, 1.54) is 0 Å². The smallest absolute Gasteiger partial charge is 0.180 e. The molecule has 0 spiro atoms. The maximum atomic E-state index is 10.3. The van der Waals surface area contributed by atoms with Crippen molar-refractivity contribution in [3.05, 3.63) is 0 Å². The van der Waals surface area contributed by atoms with E-state index in [0.717, 1.165) is 0 Å². The molecule has 0 aromatic carbocycles. The molecule has 1 aliphatic heterocycles. The van der Waals surface area contributed by atoms with Crippen LogP contribution in [0.5, 0.6) is 0 Å². The van der Waals surface area contributed by atoms with Crippen LogP contribution in [0.25, 0.3) is 0 Å². The molecule has 12 heavy (non-hydrogen) atoms. The first-order chi connectivity index (χ1) is 5.55. The third-order valence-electron chi connectivity index (χ3n) is 1.67. The number of aldehydes is 1. The van der Waals surface area contributed by atoms with Gasteiger partial charge in [-0.05, 0) is 0 Å². The molecule has 4 heteroatoms. The number of hydrogen-bond donors (Lipinski definition) is 0. The number of hydrogen-bond acceptors (Lipinski definition) is 3. The number of ether oxygens (including phenoxy) is 2. The van der Waals surface area contributed by atoms with Gasteiger partial charge >= 0.3 is 0 Å². The van der Waals surface area contributed by atoms with Crippen LogP contribution in [0.15, 0.2) is 0 Å². The Labute approximate surface area is 77.0 Å². The summed E-state index contributed by atoms with van der Waals surface area (Å²) < 4.78 is 10.5. The Hall–Kier alpha value is -0.120. The van der Waals surface area contributed by atoms with Gasteiger partial charge in [-0.15, -0.1) is 11.6 Å². The monoisotopic (exact) mass is 192 g/mol. The van der Waals surface area contributed by atoms with Gasteiger partial charge in [0, 0.05) is 5.41 Å². The molecular formula is C8H13ClO3. The predicted octanol–water partition coefficient (Wildman–Crippen LogP) is 1.19. The Bertz CT molecular complexity index is 160. The van der Waals surface area contributed by atoms with Crippen molar-refractivity contribution in [3.63, 3.8) is 0 Å². The number of rotatable bonds is 2. The number of alkyl halides is 1. The Morgan fingerprint density at radius 1 is 1.50 bits per heavy atom. The molecule has 0 aromatic rings. The Kier molecular flexibility index (Phi) is 3.09. The summed E-state index contributed by atoms with van der Waals surface area (Å²) in [6, 6.07) is 0. The first-order valence-corrected chi connectivity index (χ1v) is 4.31. The van der Waals surface area contributed by atoms with Gasteiger partial charge in [-0.1, -0.05) is 13.8 Å². The van der Waals surface area contributed by atoms with E-state index >= 15 is 0 Å². The van der Waals surface area contributed by atoms with Crippen molar-refractivity contribution in [1.29, 1.82) is 0 Å². The molecule has 1 heterocycles. The van der Waals surface area contributed by atoms with Crippen LogP contribution in [0.1, 0.15) is 13.8 Å². The molecular weight excluding hydrogens is 180 g/mol. The normalized spacial score (nSPS) is 26.6. The lowest BCUT2D eigenvalue weighted by molar-refractivity contribution is -0.219. The van der Waals surface area contributed by atoms with Crippen molar-refractivity contribution in [3.8, 4) is 0 Å². The molecule has 0 aromatic heterocycles. The standard InChI is InChI=1S/C8H13ClO3/c1-8(2)4-11-7(12-5-8)6(9)3-10/h3,6-7H,4-5H2,1-2H3. The van der Waals surface area contributed by atoms with Crippen LogP contribution >= 0.6 is 11.6 Å². The van der Waals surface area contributed by atoms with E-state index in [9.17, 15) is 4.79 Å². The summed E-state index contributed by atoms with van der Waals surface area (Å²) in [5.41, 5.74) is 0.0238. The largest absolute Gasteiger partial charge is 0.350 e. The van der Waals surface area contributed by atoms with E-state index < -0.39 is 11.7 Å². The van der Waals surface area contributed by atoms with Crippen molar-refractivity contribution >= 4 is 17.9 Å². The predicted molar refractivity (Wildman–Crippen MR) is 45.2 cm³/mol. The molecule has 0 saturated carbocycles. The van der Waals surface area contributed by atoms with E-state index in [1.54, 1.807) is 0 Å². The summed E-state index contributed by atoms with van der Waals surface area (Å²) >= 11 is 5.62. The van der Waals surface area contributed by atoms with Gasteiger partial charge in [0.2, 0.25) is 0 Å². The summed E-state index contributed by atoms with van der Waals surface area (Å²) in [4.78, 5) is 10.3.